The van der Waals surface area contributed by atoms with Gasteiger partial charge in [0.25, 0.3) is 0 Å². The molecular weight excluding hydrogens is 326 g/mol. The van der Waals surface area contributed by atoms with E-state index < -0.39 is 0 Å². The lowest BCUT2D eigenvalue weighted by Gasteiger charge is -2.15. The van der Waals surface area contributed by atoms with E-state index in [1.807, 2.05) is 6.92 Å². The quantitative estimate of drug-likeness (QED) is 0.672. The Hall–Kier alpha value is -1.50. The number of anilines is 1. The highest BCUT2D eigenvalue weighted by Gasteiger charge is 2.17. The summed E-state index contributed by atoms with van der Waals surface area (Å²) in [6, 6.07) is 1.82. The number of rotatable bonds is 10. The van der Waals surface area contributed by atoms with Crippen LogP contribution in [0.1, 0.15) is 52.7 Å². The van der Waals surface area contributed by atoms with Gasteiger partial charge in [-0.3, -0.25) is 9.59 Å². The summed E-state index contributed by atoms with van der Waals surface area (Å²) in [6.45, 7) is 9.95. The number of thioether (sulfide) groups is 1. The van der Waals surface area contributed by atoms with Crippen molar-refractivity contribution in [2.45, 2.75) is 65.2 Å². The topological polar surface area (TPSA) is 84.2 Å². The molecule has 0 aliphatic carbocycles. The molecule has 1 aromatic rings. The van der Waals surface area contributed by atoms with Gasteiger partial charge >= 0.3 is 0 Å². The average Bonchev–Trinajstić information content (AvgIpc) is 2.89. The number of carbonyl (C=O) groups is 2. The molecule has 0 saturated heterocycles. The standard InChI is InChI=1S/C17H29N3O3S/c1-11(2)7-6-8-12(3)18-16(21)10-24-14(5)17(22)19-15-9-13(4)23-20-15/h9,11-12,14H,6-8,10H2,1-5H3,(H,18,21)(H,19,20,22)/t12-,14+/m0/s1. The lowest BCUT2D eigenvalue weighted by molar-refractivity contribution is -0.119. The van der Waals surface area contributed by atoms with Crippen LogP contribution in [0.15, 0.2) is 10.6 Å². The van der Waals surface area contributed by atoms with Crippen molar-refractivity contribution in [2.24, 2.45) is 5.92 Å². The van der Waals surface area contributed by atoms with Crippen molar-refractivity contribution < 1.29 is 14.1 Å². The van der Waals surface area contributed by atoms with Crippen LogP contribution in [0.3, 0.4) is 0 Å². The number of hydrogen-bond acceptors (Lipinski definition) is 5. The zero-order chi connectivity index (χ0) is 18.1. The molecule has 0 radical (unpaired) electrons. The highest BCUT2D eigenvalue weighted by atomic mass is 32.2. The van der Waals surface area contributed by atoms with Gasteiger partial charge in [-0.15, -0.1) is 11.8 Å². The van der Waals surface area contributed by atoms with Crippen molar-refractivity contribution >= 4 is 29.4 Å². The van der Waals surface area contributed by atoms with E-state index >= 15 is 0 Å². The van der Waals surface area contributed by atoms with Crippen molar-refractivity contribution in [2.75, 3.05) is 11.1 Å². The highest BCUT2D eigenvalue weighted by molar-refractivity contribution is 8.01. The van der Waals surface area contributed by atoms with Crippen LogP contribution in [0.5, 0.6) is 0 Å². The smallest absolute Gasteiger partial charge is 0.238 e. The van der Waals surface area contributed by atoms with Crippen molar-refractivity contribution in [1.29, 1.82) is 0 Å². The lowest BCUT2D eigenvalue weighted by atomic mass is 10.0. The normalized spacial score (nSPS) is 13.6. The van der Waals surface area contributed by atoms with Gasteiger partial charge in [0.1, 0.15) is 5.76 Å². The SMILES string of the molecule is Cc1cc(NC(=O)[C@@H](C)SCC(=O)N[C@@H](C)CCCC(C)C)no1. The largest absolute Gasteiger partial charge is 0.360 e. The molecule has 1 heterocycles. The van der Waals surface area contributed by atoms with Gasteiger partial charge in [-0.25, -0.2) is 0 Å². The molecule has 6 nitrogen and oxygen atoms in total. The first-order valence-electron chi connectivity index (χ1n) is 8.43. The van der Waals surface area contributed by atoms with Gasteiger partial charge < -0.3 is 15.2 Å². The van der Waals surface area contributed by atoms with E-state index in [4.69, 9.17) is 4.52 Å². The minimum Gasteiger partial charge on any atom is -0.360 e. The Morgan fingerprint density at radius 1 is 1.25 bits per heavy atom. The van der Waals surface area contributed by atoms with Crippen LogP contribution in [0.2, 0.25) is 0 Å². The number of nitrogens with one attached hydrogen (secondary N) is 2. The molecule has 136 valence electrons. The summed E-state index contributed by atoms with van der Waals surface area (Å²) in [5.41, 5.74) is 0. The van der Waals surface area contributed by atoms with Crippen molar-refractivity contribution in [3.05, 3.63) is 11.8 Å². The summed E-state index contributed by atoms with van der Waals surface area (Å²) in [7, 11) is 0. The molecule has 0 unspecified atom stereocenters. The van der Waals surface area contributed by atoms with Gasteiger partial charge in [-0.1, -0.05) is 31.8 Å². The number of hydrogen-bond donors (Lipinski definition) is 2. The van der Waals surface area contributed by atoms with E-state index in [9.17, 15) is 9.59 Å². The molecule has 0 saturated carbocycles. The van der Waals surface area contributed by atoms with E-state index in [0.717, 1.165) is 12.8 Å². The van der Waals surface area contributed by atoms with Gasteiger partial charge in [-0.05, 0) is 33.1 Å². The van der Waals surface area contributed by atoms with Crippen LogP contribution in [0, 0.1) is 12.8 Å². The van der Waals surface area contributed by atoms with Crippen LogP contribution in [-0.4, -0.2) is 34.0 Å². The molecule has 1 aromatic heterocycles. The molecule has 0 fully saturated rings. The van der Waals surface area contributed by atoms with E-state index in [-0.39, 0.29) is 28.9 Å². The zero-order valence-electron chi connectivity index (χ0n) is 15.2. The molecule has 2 atom stereocenters. The second-order valence-electron chi connectivity index (χ2n) is 6.56. The summed E-state index contributed by atoms with van der Waals surface area (Å²) in [5, 5.41) is 9.03. The maximum Gasteiger partial charge on any atom is 0.238 e. The Morgan fingerprint density at radius 3 is 2.54 bits per heavy atom. The van der Waals surface area contributed by atoms with Gasteiger partial charge in [0.2, 0.25) is 11.8 Å². The van der Waals surface area contributed by atoms with Gasteiger partial charge in [0, 0.05) is 12.1 Å². The minimum absolute atomic E-state index is 0.0334. The molecule has 0 spiro atoms. The fourth-order valence-corrected chi connectivity index (χ4v) is 2.85. The Morgan fingerprint density at radius 2 is 1.96 bits per heavy atom. The number of nitrogens with zero attached hydrogens (tertiary/aromatic N) is 1. The summed E-state index contributed by atoms with van der Waals surface area (Å²) in [4.78, 5) is 24.0. The third kappa shape index (κ3) is 8.38. The lowest BCUT2D eigenvalue weighted by Crippen LogP contribution is -2.35. The van der Waals surface area contributed by atoms with E-state index in [2.05, 4.69) is 29.6 Å². The Labute approximate surface area is 148 Å². The number of aryl methyl sites for hydroxylation is 1. The molecule has 0 aliphatic rings. The predicted molar refractivity (Wildman–Crippen MR) is 98.1 cm³/mol. The van der Waals surface area contributed by atoms with Crippen LogP contribution in [0.4, 0.5) is 5.82 Å². The first kappa shape index (κ1) is 20.5. The molecule has 0 aliphatic heterocycles. The second kappa shape index (κ2) is 10.4. The maximum atomic E-state index is 12.0. The molecular formula is C17H29N3O3S. The first-order valence-corrected chi connectivity index (χ1v) is 9.48. The van der Waals surface area contributed by atoms with E-state index in [1.54, 1.807) is 19.9 Å². The maximum absolute atomic E-state index is 12.0. The highest BCUT2D eigenvalue weighted by Crippen LogP contribution is 2.14. The molecule has 7 heteroatoms. The van der Waals surface area contributed by atoms with Crippen LogP contribution >= 0.6 is 11.8 Å². The van der Waals surface area contributed by atoms with Gasteiger partial charge in [0.05, 0.1) is 11.0 Å². The predicted octanol–water partition coefficient (Wildman–Crippen LogP) is 3.37. The Kier molecular flexibility index (Phi) is 8.89. The summed E-state index contributed by atoms with van der Waals surface area (Å²) in [5.74, 6) is 1.77. The molecule has 0 bridgehead atoms. The number of amides is 2. The summed E-state index contributed by atoms with van der Waals surface area (Å²) < 4.78 is 4.90. The fraction of sp³-hybridized carbons (Fsp3) is 0.706. The molecule has 2 N–H and O–H groups in total. The molecule has 1 rings (SSSR count). The fourth-order valence-electron chi connectivity index (χ4n) is 2.15. The van der Waals surface area contributed by atoms with Gasteiger partial charge in [-0.2, -0.15) is 0 Å². The molecule has 0 aromatic carbocycles. The minimum atomic E-state index is -0.344. The van der Waals surface area contributed by atoms with Crippen LogP contribution < -0.4 is 10.6 Å². The third-order valence-corrected chi connectivity index (χ3v) is 4.68. The number of carbonyl (C=O) groups excluding carboxylic acids is 2. The average molecular weight is 356 g/mol. The summed E-state index contributed by atoms with van der Waals surface area (Å²) >= 11 is 1.31. The van der Waals surface area contributed by atoms with Crippen LogP contribution in [-0.2, 0) is 9.59 Å². The number of aromatic nitrogens is 1. The monoisotopic (exact) mass is 355 g/mol. The second-order valence-corrected chi connectivity index (χ2v) is 7.89. The Bertz CT molecular complexity index is 531. The van der Waals surface area contributed by atoms with Gasteiger partial charge in [0.15, 0.2) is 5.82 Å². The van der Waals surface area contributed by atoms with Crippen molar-refractivity contribution in [3.63, 3.8) is 0 Å². The van der Waals surface area contributed by atoms with Crippen molar-refractivity contribution in [3.8, 4) is 0 Å². The summed E-state index contributed by atoms with van der Waals surface area (Å²) in [6.07, 6.45) is 3.27. The Balaban J connectivity index is 2.23. The molecule has 24 heavy (non-hydrogen) atoms. The van der Waals surface area contributed by atoms with Crippen LogP contribution in [0.25, 0.3) is 0 Å². The van der Waals surface area contributed by atoms with E-state index in [1.165, 1.54) is 18.2 Å². The molecule has 2 amide bonds. The van der Waals surface area contributed by atoms with Crippen molar-refractivity contribution in [1.82, 2.24) is 10.5 Å². The van der Waals surface area contributed by atoms with E-state index in [0.29, 0.717) is 17.5 Å². The first-order chi connectivity index (χ1) is 11.3. The zero-order valence-corrected chi connectivity index (χ0v) is 16.0. The third-order valence-electron chi connectivity index (χ3n) is 3.54.